The molecule has 0 unspecified atom stereocenters. The smallest absolute Gasteiger partial charge is 0.232 e. The first-order valence-electron chi connectivity index (χ1n) is 7.36. The summed E-state index contributed by atoms with van der Waals surface area (Å²) in [7, 11) is 4.73. The molecule has 0 fully saturated rings. The van der Waals surface area contributed by atoms with E-state index < -0.39 is 0 Å². The number of hydrogen-bond donors (Lipinski definition) is 1. The van der Waals surface area contributed by atoms with Gasteiger partial charge in [0.1, 0.15) is 0 Å². The van der Waals surface area contributed by atoms with E-state index in [4.69, 9.17) is 14.2 Å². The number of ether oxygens (including phenoxy) is 3. The Kier molecular flexibility index (Phi) is 4.10. The molecular weight excluding hydrogens is 294 g/mol. The van der Waals surface area contributed by atoms with Gasteiger partial charge in [-0.15, -0.1) is 0 Å². The van der Waals surface area contributed by atoms with Gasteiger partial charge in [0.15, 0.2) is 11.5 Å². The maximum absolute atomic E-state index is 12.3. The van der Waals surface area contributed by atoms with Crippen LogP contribution in [0.15, 0.2) is 36.4 Å². The van der Waals surface area contributed by atoms with Crippen LogP contribution in [-0.2, 0) is 11.2 Å². The van der Waals surface area contributed by atoms with E-state index in [2.05, 4.69) is 5.32 Å². The predicted molar refractivity (Wildman–Crippen MR) is 87.6 cm³/mol. The lowest BCUT2D eigenvalue weighted by atomic mass is 9.93. The lowest BCUT2D eigenvalue weighted by Crippen LogP contribution is -2.14. The van der Waals surface area contributed by atoms with Gasteiger partial charge < -0.3 is 19.5 Å². The minimum Gasteiger partial charge on any atom is -0.493 e. The Morgan fingerprint density at radius 2 is 1.65 bits per heavy atom. The lowest BCUT2D eigenvalue weighted by molar-refractivity contribution is -0.117. The predicted octanol–water partition coefficient (Wildman–Crippen LogP) is 2.99. The van der Waals surface area contributed by atoms with Crippen LogP contribution in [0.4, 0.5) is 5.69 Å². The van der Waals surface area contributed by atoms with Crippen LogP contribution in [0.25, 0.3) is 0 Å². The molecule has 5 nitrogen and oxygen atoms in total. The monoisotopic (exact) mass is 313 g/mol. The minimum atomic E-state index is -0.214. The number of benzene rings is 2. The average molecular weight is 313 g/mol. The summed E-state index contributed by atoms with van der Waals surface area (Å²) in [4.78, 5) is 12.3. The van der Waals surface area contributed by atoms with Crippen LogP contribution in [0.3, 0.4) is 0 Å². The second kappa shape index (κ2) is 6.20. The van der Waals surface area contributed by atoms with Crippen LogP contribution >= 0.6 is 0 Å². The molecule has 1 atom stereocenters. The Morgan fingerprint density at radius 1 is 1.00 bits per heavy atom. The first kappa shape index (κ1) is 15.2. The van der Waals surface area contributed by atoms with Crippen LogP contribution < -0.4 is 19.5 Å². The highest BCUT2D eigenvalue weighted by Crippen LogP contribution is 2.41. The number of rotatable bonds is 5. The van der Waals surface area contributed by atoms with Crippen molar-refractivity contribution in [2.75, 3.05) is 26.6 Å². The number of nitrogens with one attached hydrogen (secondary N) is 1. The largest absolute Gasteiger partial charge is 0.493 e. The molecule has 2 aromatic carbocycles. The summed E-state index contributed by atoms with van der Waals surface area (Å²) in [5.74, 6) is 1.53. The normalized spacial score (nSPS) is 15.8. The van der Waals surface area contributed by atoms with Crippen molar-refractivity contribution >= 4 is 11.6 Å². The summed E-state index contributed by atoms with van der Waals surface area (Å²) in [6.45, 7) is 0. The number of fused-ring (bicyclic) bond motifs is 1. The molecule has 1 N–H and O–H groups in total. The number of methoxy groups -OCH3 is 3. The highest BCUT2D eigenvalue weighted by Gasteiger charge is 2.30. The SMILES string of the molecule is COc1cc(C[C@H]2C(=O)Nc3ccccc32)cc(OC)c1OC. The van der Waals surface area contributed by atoms with E-state index >= 15 is 0 Å². The van der Waals surface area contributed by atoms with Crippen LogP contribution in [0.5, 0.6) is 17.2 Å². The van der Waals surface area contributed by atoms with Gasteiger partial charge in [0.25, 0.3) is 0 Å². The van der Waals surface area contributed by atoms with Crippen molar-refractivity contribution in [1.29, 1.82) is 0 Å². The van der Waals surface area contributed by atoms with Gasteiger partial charge in [0, 0.05) is 5.69 Å². The molecule has 1 heterocycles. The van der Waals surface area contributed by atoms with E-state index in [1.165, 1.54) is 0 Å². The Hall–Kier alpha value is -2.69. The van der Waals surface area contributed by atoms with Crippen molar-refractivity contribution in [3.8, 4) is 17.2 Å². The molecule has 2 aromatic rings. The average Bonchev–Trinajstić information content (AvgIpc) is 2.89. The third kappa shape index (κ3) is 2.70. The van der Waals surface area contributed by atoms with E-state index in [1.807, 2.05) is 36.4 Å². The molecule has 1 aliphatic rings. The molecule has 5 heteroatoms. The Balaban J connectivity index is 1.96. The molecule has 0 aromatic heterocycles. The summed E-state index contributed by atoms with van der Waals surface area (Å²) in [5.41, 5.74) is 2.86. The number of hydrogen-bond acceptors (Lipinski definition) is 4. The fourth-order valence-electron chi connectivity index (χ4n) is 2.97. The van der Waals surface area contributed by atoms with Crippen molar-refractivity contribution < 1.29 is 19.0 Å². The van der Waals surface area contributed by atoms with E-state index in [1.54, 1.807) is 21.3 Å². The fourth-order valence-corrected chi connectivity index (χ4v) is 2.97. The van der Waals surface area contributed by atoms with Crippen LogP contribution in [0, 0.1) is 0 Å². The summed E-state index contributed by atoms with van der Waals surface area (Å²) >= 11 is 0. The highest BCUT2D eigenvalue weighted by molar-refractivity contribution is 6.03. The lowest BCUT2D eigenvalue weighted by Gasteiger charge is -2.15. The number of amides is 1. The Morgan fingerprint density at radius 3 is 2.26 bits per heavy atom. The van der Waals surface area contributed by atoms with Crippen LogP contribution in [0.1, 0.15) is 17.0 Å². The number of para-hydroxylation sites is 1. The van der Waals surface area contributed by atoms with Crippen LogP contribution in [-0.4, -0.2) is 27.2 Å². The molecular formula is C18H19NO4. The second-order valence-corrected chi connectivity index (χ2v) is 5.37. The topological polar surface area (TPSA) is 56.8 Å². The molecule has 1 aliphatic heterocycles. The van der Waals surface area contributed by atoms with Gasteiger partial charge in [-0.3, -0.25) is 4.79 Å². The minimum absolute atomic E-state index is 0.0138. The zero-order valence-electron chi connectivity index (χ0n) is 13.4. The van der Waals surface area contributed by atoms with Crippen molar-refractivity contribution in [2.24, 2.45) is 0 Å². The quantitative estimate of drug-likeness (QED) is 0.922. The van der Waals surface area contributed by atoms with Gasteiger partial charge in [-0.05, 0) is 35.7 Å². The van der Waals surface area contributed by atoms with Crippen LogP contribution in [0.2, 0.25) is 0 Å². The standard InChI is InChI=1S/C18H19NO4/c1-21-15-9-11(10-16(22-2)17(15)23-3)8-13-12-6-4-5-7-14(12)19-18(13)20/h4-7,9-10,13H,8H2,1-3H3,(H,19,20)/t13-/m1/s1. The molecule has 0 saturated carbocycles. The van der Waals surface area contributed by atoms with E-state index in [9.17, 15) is 4.79 Å². The van der Waals surface area contributed by atoms with Gasteiger partial charge in [-0.25, -0.2) is 0 Å². The third-order valence-corrected chi connectivity index (χ3v) is 4.07. The fraction of sp³-hybridized carbons (Fsp3) is 0.278. The zero-order valence-corrected chi connectivity index (χ0v) is 13.4. The molecule has 120 valence electrons. The van der Waals surface area contributed by atoms with E-state index in [0.29, 0.717) is 23.7 Å². The van der Waals surface area contributed by atoms with E-state index in [0.717, 1.165) is 16.8 Å². The third-order valence-electron chi connectivity index (χ3n) is 4.07. The maximum atomic E-state index is 12.3. The molecule has 0 aliphatic carbocycles. The van der Waals surface area contributed by atoms with Gasteiger partial charge >= 0.3 is 0 Å². The number of carbonyl (C=O) groups is 1. The molecule has 1 amide bonds. The number of anilines is 1. The first-order chi connectivity index (χ1) is 11.2. The summed E-state index contributed by atoms with van der Waals surface area (Å²) < 4.78 is 16.1. The summed E-state index contributed by atoms with van der Waals surface area (Å²) in [5, 5.41) is 2.92. The molecule has 0 bridgehead atoms. The van der Waals surface area contributed by atoms with Gasteiger partial charge in [0.05, 0.1) is 27.2 Å². The molecule has 3 rings (SSSR count). The van der Waals surface area contributed by atoms with Crippen molar-refractivity contribution in [3.63, 3.8) is 0 Å². The molecule has 0 radical (unpaired) electrons. The zero-order chi connectivity index (χ0) is 16.4. The second-order valence-electron chi connectivity index (χ2n) is 5.37. The maximum Gasteiger partial charge on any atom is 0.232 e. The number of carbonyl (C=O) groups excluding carboxylic acids is 1. The van der Waals surface area contributed by atoms with Gasteiger partial charge in [-0.1, -0.05) is 18.2 Å². The van der Waals surface area contributed by atoms with Crippen molar-refractivity contribution in [3.05, 3.63) is 47.5 Å². The van der Waals surface area contributed by atoms with Crippen molar-refractivity contribution in [2.45, 2.75) is 12.3 Å². The highest BCUT2D eigenvalue weighted by atomic mass is 16.5. The van der Waals surface area contributed by atoms with Crippen molar-refractivity contribution in [1.82, 2.24) is 0 Å². The summed E-state index contributed by atoms with van der Waals surface area (Å²) in [6, 6.07) is 11.5. The molecule has 0 saturated heterocycles. The Bertz CT molecular complexity index is 717. The molecule has 23 heavy (non-hydrogen) atoms. The van der Waals surface area contributed by atoms with E-state index in [-0.39, 0.29) is 11.8 Å². The first-order valence-corrected chi connectivity index (χ1v) is 7.36. The molecule has 0 spiro atoms. The Labute approximate surface area is 135 Å². The van der Waals surface area contributed by atoms with Gasteiger partial charge in [0.2, 0.25) is 11.7 Å². The summed E-state index contributed by atoms with van der Waals surface area (Å²) in [6.07, 6.45) is 0.569. The van der Waals surface area contributed by atoms with Gasteiger partial charge in [-0.2, -0.15) is 0 Å².